The van der Waals surface area contributed by atoms with E-state index in [2.05, 4.69) is 64.2 Å². The molecule has 5 nitrogen and oxygen atoms in total. The van der Waals surface area contributed by atoms with Gasteiger partial charge < -0.3 is 9.32 Å². The van der Waals surface area contributed by atoms with E-state index < -0.39 is 0 Å². The van der Waals surface area contributed by atoms with E-state index in [0.29, 0.717) is 6.54 Å². The summed E-state index contributed by atoms with van der Waals surface area (Å²) in [5.41, 5.74) is 6.67. The number of aryl methyl sites for hydroxylation is 1. The van der Waals surface area contributed by atoms with Gasteiger partial charge in [0.1, 0.15) is 0 Å². The van der Waals surface area contributed by atoms with Crippen LogP contribution < -0.4 is 0 Å². The SMILES string of the molecule is CCCCCc1ccc(C(=O)N(Cc2ccc(-c3cccnc3)cc2)C2CCN(Cc3ccoc3)CC2)cc1. The first-order valence-corrected chi connectivity index (χ1v) is 14.3. The zero-order valence-electron chi connectivity index (χ0n) is 23.0. The van der Waals surface area contributed by atoms with Gasteiger partial charge in [0.25, 0.3) is 5.91 Å². The van der Waals surface area contributed by atoms with Gasteiger partial charge in [-0.05, 0) is 72.2 Å². The van der Waals surface area contributed by atoms with Crippen LogP contribution >= 0.6 is 0 Å². The van der Waals surface area contributed by atoms with E-state index >= 15 is 0 Å². The number of pyridine rings is 1. The second kappa shape index (κ2) is 13.4. The Balaban J connectivity index is 1.30. The highest BCUT2D eigenvalue weighted by Crippen LogP contribution is 2.25. The van der Waals surface area contributed by atoms with E-state index in [-0.39, 0.29) is 11.9 Å². The predicted molar refractivity (Wildman–Crippen MR) is 156 cm³/mol. The number of aromatic nitrogens is 1. The summed E-state index contributed by atoms with van der Waals surface area (Å²) in [6, 6.07) is 23.1. The maximum atomic E-state index is 13.9. The van der Waals surface area contributed by atoms with Crippen molar-refractivity contribution in [2.75, 3.05) is 13.1 Å². The summed E-state index contributed by atoms with van der Waals surface area (Å²) in [4.78, 5) is 22.7. The van der Waals surface area contributed by atoms with Gasteiger partial charge in [0.15, 0.2) is 0 Å². The first kappa shape index (κ1) is 26.9. The molecule has 0 saturated carbocycles. The molecule has 2 aromatic heterocycles. The highest BCUT2D eigenvalue weighted by atomic mass is 16.3. The lowest BCUT2D eigenvalue weighted by Gasteiger charge is -2.38. The summed E-state index contributed by atoms with van der Waals surface area (Å²) in [6.45, 7) is 5.67. The summed E-state index contributed by atoms with van der Waals surface area (Å²) < 4.78 is 5.25. The van der Waals surface area contributed by atoms with Crippen molar-refractivity contribution in [2.45, 2.75) is 64.6 Å². The van der Waals surface area contributed by atoms with E-state index in [1.807, 2.05) is 36.7 Å². The van der Waals surface area contributed by atoms with Crippen molar-refractivity contribution in [1.82, 2.24) is 14.8 Å². The predicted octanol–water partition coefficient (Wildman–Crippen LogP) is 7.38. The van der Waals surface area contributed by atoms with Crippen LogP contribution in [-0.4, -0.2) is 39.8 Å². The Morgan fingerprint density at radius 3 is 2.36 bits per heavy atom. The molecule has 202 valence electrons. The number of benzene rings is 2. The molecule has 1 amide bonds. The molecule has 2 aromatic carbocycles. The molecule has 1 aliphatic heterocycles. The largest absolute Gasteiger partial charge is 0.472 e. The molecule has 0 radical (unpaired) electrons. The van der Waals surface area contributed by atoms with Crippen LogP contribution in [0.2, 0.25) is 0 Å². The van der Waals surface area contributed by atoms with Crippen LogP contribution in [0.3, 0.4) is 0 Å². The number of unbranched alkanes of at least 4 members (excludes halogenated alkanes) is 2. The summed E-state index contributed by atoms with van der Waals surface area (Å²) >= 11 is 0. The van der Waals surface area contributed by atoms with Gasteiger partial charge in [-0.1, -0.05) is 62.2 Å². The number of carbonyl (C=O) groups is 1. The average molecular weight is 522 g/mol. The maximum absolute atomic E-state index is 13.9. The van der Waals surface area contributed by atoms with Gasteiger partial charge in [-0.15, -0.1) is 0 Å². The standard InChI is InChI=1S/C34H39N3O2/c1-2-3-4-6-27-8-14-31(15-9-27)34(38)37(33-16-20-36(21-17-33)24-29-18-22-39-26-29)25-28-10-12-30(13-11-28)32-7-5-19-35-23-32/h5,7-15,18-19,22-23,26,33H,2-4,6,16-17,20-21,24-25H2,1H3. The molecule has 3 heterocycles. The summed E-state index contributed by atoms with van der Waals surface area (Å²) in [7, 11) is 0. The van der Waals surface area contributed by atoms with Crippen LogP contribution in [0.5, 0.6) is 0 Å². The van der Waals surface area contributed by atoms with E-state index in [4.69, 9.17) is 4.42 Å². The molecular formula is C34H39N3O2. The van der Waals surface area contributed by atoms with Crippen LogP contribution in [0.25, 0.3) is 11.1 Å². The molecule has 1 saturated heterocycles. The third-order valence-corrected chi connectivity index (χ3v) is 7.82. The minimum Gasteiger partial charge on any atom is -0.472 e. The van der Waals surface area contributed by atoms with Crippen molar-refractivity contribution >= 4 is 5.91 Å². The number of piperidine rings is 1. The van der Waals surface area contributed by atoms with Crippen molar-refractivity contribution < 1.29 is 9.21 Å². The Bertz CT molecular complexity index is 1280. The number of carbonyl (C=O) groups excluding carboxylic acids is 1. The van der Waals surface area contributed by atoms with Crippen molar-refractivity contribution in [2.24, 2.45) is 0 Å². The highest BCUT2D eigenvalue weighted by molar-refractivity contribution is 5.94. The number of likely N-dealkylation sites (tertiary alicyclic amines) is 1. The minimum absolute atomic E-state index is 0.125. The quantitative estimate of drug-likeness (QED) is 0.193. The monoisotopic (exact) mass is 521 g/mol. The number of furan rings is 1. The lowest BCUT2D eigenvalue weighted by Crippen LogP contribution is -2.46. The Labute approximate surface area is 232 Å². The van der Waals surface area contributed by atoms with E-state index in [1.165, 1.54) is 30.4 Å². The van der Waals surface area contributed by atoms with Crippen LogP contribution in [0.15, 0.2) is 96.1 Å². The molecule has 4 aromatic rings. The Morgan fingerprint density at radius 1 is 0.923 bits per heavy atom. The van der Waals surface area contributed by atoms with Crippen molar-refractivity contribution in [1.29, 1.82) is 0 Å². The van der Waals surface area contributed by atoms with Gasteiger partial charge in [0, 0.05) is 55.7 Å². The smallest absolute Gasteiger partial charge is 0.254 e. The third-order valence-electron chi connectivity index (χ3n) is 7.82. The molecule has 39 heavy (non-hydrogen) atoms. The molecular weight excluding hydrogens is 482 g/mol. The zero-order valence-corrected chi connectivity index (χ0v) is 23.0. The van der Waals surface area contributed by atoms with Crippen LogP contribution in [0.4, 0.5) is 0 Å². The van der Waals surface area contributed by atoms with Crippen molar-refractivity contribution in [3.8, 4) is 11.1 Å². The first-order valence-electron chi connectivity index (χ1n) is 14.3. The summed E-state index contributed by atoms with van der Waals surface area (Å²) in [5.74, 6) is 0.125. The lowest BCUT2D eigenvalue weighted by molar-refractivity contribution is 0.0542. The normalized spacial score (nSPS) is 14.4. The van der Waals surface area contributed by atoms with Gasteiger partial charge >= 0.3 is 0 Å². The van der Waals surface area contributed by atoms with Crippen LogP contribution in [0.1, 0.15) is 66.1 Å². The molecule has 1 fully saturated rings. The molecule has 0 N–H and O–H groups in total. The number of rotatable bonds is 11. The number of nitrogens with zero attached hydrogens (tertiary/aromatic N) is 3. The number of hydrogen-bond acceptors (Lipinski definition) is 4. The first-order chi connectivity index (χ1) is 19.2. The minimum atomic E-state index is 0.125. The van der Waals surface area contributed by atoms with E-state index in [0.717, 1.165) is 61.2 Å². The Morgan fingerprint density at radius 2 is 1.69 bits per heavy atom. The molecule has 0 aliphatic carbocycles. The third kappa shape index (κ3) is 7.24. The molecule has 0 atom stereocenters. The van der Waals surface area contributed by atoms with Crippen LogP contribution in [0, 0.1) is 0 Å². The molecule has 0 spiro atoms. The van der Waals surface area contributed by atoms with Gasteiger partial charge in [-0.25, -0.2) is 0 Å². The van der Waals surface area contributed by atoms with Crippen molar-refractivity contribution in [3.63, 3.8) is 0 Å². The maximum Gasteiger partial charge on any atom is 0.254 e. The fourth-order valence-electron chi connectivity index (χ4n) is 5.49. The second-order valence-electron chi connectivity index (χ2n) is 10.7. The fraction of sp³-hybridized carbons (Fsp3) is 0.353. The summed E-state index contributed by atoms with van der Waals surface area (Å²) in [5, 5.41) is 0. The second-order valence-corrected chi connectivity index (χ2v) is 10.7. The molecule has 0 unspecified atom stereocenters. The van der Waals surface area contributed by atoms with Gasteiger partial charge in [-0.2, -0.15) is 0 Å². The van der Waals surface area contributed by atoms with Crippen molar-refractivity contribution in [3.05, 3.63) is 114 Å². The number of amides is 1. The summed E-state index contributed by atoms with van der Waals surface area (Å²) in [6.07, 6.45) is 13.9. The van der Waals surface area contributed by atoms with Gasteiger partial charge in [0.2, 0.25) is 0 Å². The number of hydrogen-bond donors (Lipinski definition) is 0. The van der Waals surface area contributed by atoms with E-state index in [1.54, 1.807) is 12.5 Å². The Hall–Kier alpha value is -3.70. The highest BCUT2D eigenvalue weighted by Gasteiger charge is 2.29. The molecule has 5 rings (SSSR count). The molecule has 1 aliphatic rings. The van der Waals surface area contributed by atoms with Gasteiger partial charge in [0.05, 0.1) is 12.5 Å². The molecule has 5 heteroatoms. The lowest BCUT2D eigenvalue weighted by atomic mass is 9.99. The fourth-order valence-corrected chi connectivity index (χ4v) is 5.49. The van der Waals surface area contributed by atoms with Gasteiger partial charge in [-0.3, -0.25) is 14.7 Å². The van der Waals surface area contributed by atoms with E-state index in [9.17, 15) is 4.79 Å². The molecule has 0 bridgehead atoms. The Kier molecular flexibility index (Phi) is 9.23. The van der Waals surface area contributed by atoms with Crippen LogP contribution in [-0.2, 0) is 19.5 Å². The average Bonchev–Trinajstić information content (AvgIpc) is 3.50. The topological polar surface area (TPSA) is 49.6 Å². The zero-order chi connectivity index (χ0) is 26.9.